The van der Waals surface area contributed by atoms with Gasteiger partial charge in [0.15, 0.2) is 8.32 Å². The van der Waals surface area contributed by atoms with Gasteiger partial charge in [-0.3, -0.25) is 0 Å². The fraction of sp³-hybridized carbons (Fsp3) is 0.833. The highest BCUT2D eigenvalue weighted by atomic mass is 28.4. The van der Waals surface area contributed by atoms with Crippen LogP contribution < -0.4 is 0 Å². The lowest BCUT2D eigenvalue weighted by Crippen LogP contribution is -2.58. The predicted octanol–water partition coefficient (Wildman–Crippen LogP) is 6.97. The van der Waals surface area contributed by atoms with Gasteiger partial charge in [0, 0.05) is 11.5 Å². The van der Waals surface area contributed by atoms with Crippen molar-refractivity contribution in [2.75, 3.05) is 0 Å². The molecule has 0 spiro atoms. The second-order valence-corrected chi connectivity index (χ2v) is 15.6. The van der Waals surface area contributed by atoms with Crippen LogP contribution in [0, 0.1) is 34.5 Å². The molecule has 0 N–H and O–H groups in total. The fourth-order valence-corrected chi connectivity index (χ4v) is 8.91. The Morgan fingerprint density at radius 1 is 1.15 bits per heavy atom. The van der Waals surface area contributed by atoms with Crippen LogP contribution in [0.25, 0.3) is 0 Å². The van der Waals surface area contributed by atoms with E-state index < -0.39 is 8.32 Å². The molecule has 0 unspecified atom stereocenters. The number of hydrogen-bond donors (Lipinski definition) is 0. The van der Waals surface area contributed by atoms with Crippen molar-refractivity contribution in [2.24, 2.45) is 34.5 Å². The largest absolute Gasteiger partial charge is 0.414 e. The maximum atomic E-state index is 7.01. The van der Waals surface area contributed by atoms with Gasteiger partial charge in [-0.05, 0) is 87.3 Å². The Labute approximate surface area is 162 Å². The van der Waals surface area contributed by atoms with Crippen LogP contribution in [0.1, 0.15) is 65.7 Å². The minimum absolute atomic E-state index is 0.247. The van der Waals surface area contributed by atoms with Gasteiger partial charge in [-0.25, -0.2) is 0 Å². The van der Waals surface area contributed by atoms with Crippen LogP contribution in [0.3, 0.4) is 0 Å². The Balaban J connectivity index is 1.76. The van der Waals surface area contributed by atoms with E-state index in [0.717, 1.165) is 24.2 Å². The fourth-order valence-electron chi connectivity index (χ4n) is 7.77. The smallest absolute Gasteiger partial charge is 0.184 e. The molecule has 0 radical (unpaired) electrons. The van der Waals surface area contributed by atoms with Crippen molar-refractivity contribution < 1.29 is 4.43 Å². The molecule has 0 saturated heterocycles. The van der Waals surface area contributed by atoms with Gasteiger partial charge in [-0.2, -0.15) is 0 Å². The summed E-state index contributed by atoms with van der Waals surface area (Å²) in [5, 5.41) is 0. The van der Waals surface area contributed by atoms with Crippen molar-refractivity contribution in [3.63, 3.8) is 0 Å². The molecule has 3 fully saturated rings. The second-order valence-electron chi connectivity index (χ2n) is 11.1. The average Bonchev–Trinajstić information content (AvgIpc) is 2.88. The van der Waals surface area contributed by atoms with Crippen molar-refractivity contribution in [1.82, 2.24) is 0 Å². The Bertz CT molecular complexity index is 614. The highest BCUT2D eigenvalue weighted by Crippen LogP contribution is 2.67. The first-order valence-corrected chi connectivity index (χ1v) is 14.6. The van der Waals surface area contributed by atoms with Crippen molar-refractivity contribution in [1.29, 1.82) is 0 Å². The normalized spacial score (nSPS) is 47.8. The Morgan fingerprint density at radius 3 is 2.62 bits per heavy atom. The van der Waals surface area contributed by atoms with E-state index in [1.807, 2.05) is 0 Å². The molecule has 0 aliphatic heterocycles. The van der Waals surface area contributed by atoms with Gasteiger partial charge in [0.1, 0.15) is 0 Å². The van der Waals surface area contributed by atoms with Crippen molar-refractivity contribution >= 4 is 8.32 Å². The first-order valence-electron chi connectivity index (χ1n) is 11.2. The highest BCUT2D eigenvalue weighted by molar-refractivity contribution is 6.69. The number of rotatable bonds is 3. The van der Waals surface area contributed by atoms with Crippen molar-refractivity contribution in [3.8, 4) is 0 Å². The van der Waals surface area contributed by atoms with Crippen LogP contribution in [-0.2, 0) is 4.43 Å². The molecule has 3 saturated carbocycles. The predicted molar refractivity (Wildman–Crippen MR) is 114 cm³/mol. The molecule has 0 aromatic rings. The molecule has 0 heterocycles. The van der Waals surface area contributed by atoms with Gasteiger partial charge in [-0.1, -0.05) is 51.0 Å². The Hall–Kier alpha value is -0.343. The van der Waals surface area contributed by atoms with Gasteiger partial charge in [0.05, 0.1) is 0 Å². The lowest BCUT2D eigenvalue weighted by Gasteiger charge is -2.60. The second kappa shape index (κ2) is 6.34. The molecule has 2 heteroatoms. The SMILES string of the molecule is CC[C@H]1CC[C@H]2[C@@H]3CCC4=CCC=C[C@]4(C)[C@H]3[C@@H](O[Si](C)(C)C)C[C@]12C. The molecule has 0 bridgehead atoms. The van der Waals surface area contributed by atoms with E-state index in [1.54, 1.807) is 5.57 Å². The summed E-state index contributed by atoms with van der Waals surface area (Å²) in [4.78, 5) is 0. The van der Waals surface area contributed by atoms with E-state index in [0.29, 0.717) is 17.4 Å². The first kappa shape index (κ1) is 19.0. The molecule has 1 nitrogen and oxygen atoms in total. The van der Waals surface area contributed by atoms with Crippen LogP contribution in [-0.4, -0.2) is 14.4 Å². The van der Waals surface area contributed by atoms with Gasteiger partial charge >= 0.3 is 0 Å². The van der Waals surface area contributed by atoms with E-state index in [2.05, 4.69) is 58.6 Å². The maximum absolute atomic E-state index is 7.01. The quantitative estimate of drug-likeness (QED) is 0.384. The minimum atomic E-state index is -1.56. The zero-order chi connectivity index (χ0) is 18.7. The summed E-state index contributed by atoms with van der Waals surface area (Å²) < 4.78 is 7.01. The zero-order valence-electron chi connectivity index (χ0n) is 18.0. The third-order valence-electron chi connectivity index (χ3n) is 8.72. The Kier molecular flexibility index (Phi) is 4.63. The third-order valence-corrected chi connectivity index (χ3v) is 9.73. The molecule has 26 heavy (non-hydrogen) atoms. The summed E-state index contributed by atoms with van der Waals surface area (Å²) >= 11 is 0. The molecule has 0 amide bonds. The average molecular weight is 373 g/mol. The van der Waals surface area contributed by atoms with E-state index >= 15 is 0 Å². The van der Waals surface area contributed by atoms with Gasteiger partial charge in [-0.15, -0.1) is 0 Å². The lowest BCUT2D eigenvalue weighted by atomic mass is 9.47. The summed E-state index contributed by atoms with van der Waals surface area (Å²) in [6.07, 6.45) is 17.4. The summed E-state index contributed by atoms with van der Waals surface area (Å²) in [5.41, 5.74) is 2.48. The van der Waals surface area contributed by atoms with E-state index in [1.165, 1.54) is 38.5 Å². The van der Waals surface area contributed by atoms with Crippen LogP contribution >= 0.6 is 0 Å². The molecular weight excluding hydrogens is 332 g/mol. The van der Waals surface area contributed by atoms with Crippen molar-refractivity contribution in [2.45, 2.75) is 91.5 Å². The molecule has 4 rings (SSSR count). The van der Waals surface area contributed by atoms with Crippen LogP contribution in [0.2, 0.25) is 19.6 Å². The molecule has 4 aliphatic carbocycles. The number of hydrogen-bond acceptors (Lipinski definition) is 1. The lowest BCUT2D eigenvalue weighted by molar-refractivity contribution is -0.108. The van der Waals surface area contributed by atoms with Gasteiger partial charge in [0.2, 0.25) is 0 Å². The monoisotopic (exact) mass is 372 g/mol. The third kappa shape index (κ3) is 2.82. The molecule has 0 aromatic heterocycles. The van der Waals surface area contributed by atoms with E-state index in [4.69, 9.17) is 4.43 Å². The topological polar surface area (TPSA) is 9.23 Å². The molecular formula is C24H40OSi. The summed E-state index contributed by atoms with van der Waals surface area (Å²) in [5.74, 6) is 3.39. The van der Waals surface area contributed by atoms with E-state index in [-0.39, 0.29) is 5.41 Å². The molecule has 0 aromatic carbocycles. The summed E-state index contributed by atoms with van der Waals surface area (Å²) in [7, 11) is -1.56. The Morgan fingerprint density at radius 2 is 1.92 bits per heavy atom. The van der Waals surface area contributed by atoms with Gasteiger partial charge < -0.3 is 4.43 Å². The molecule has 7 atom stereocenters. The van der Waals surface area contributed by atoms with Crippen molar-refractivity contribution in [3.05, 3.63) is 23.8 Å². The zero-order valence-corrected chi connectivity index (χ0v) is 19.0. The number of fused-ring (bicyclic) bond motifs is 5. The first-order chi connectivity index (χ1) is 12.2. The number of allylic oxidation sites excluding steroid dienone is 4. The molecule has 4 aliphatic rings. The minimum Gasteiger partial charge on any atom is -0.414 e. The standard InChI is InChI=1S/C24H40OSi/c1-7-17-12-14-20-19-13-11-18-10-8-9-15-23(18,2)22(19)21(16-24(17,20)3)25-26(4,5)6/h9-10,15,17,19-22H,7-8,11-14,16H2,1-6H3/t17-,19-,20-,21-,22+,23-,24+/m0/s1. The molecule has 146 valence electrons. The maximum Gasteiger partial charge on any atom is 0.184 e. The van der Waals surface area contributed by atoms with Crippen LogP contribution in [0.5, 0.6) is 0 Å². The summed E-state index contributed by atoms with van der Waals surface area (Å²) in [6.45, 7) is 14.8. The highest BCUT2D eigenvalue weighted by Gasteiger charge is 2.61. The summed E-state index contributed by atoms with van der Waals surface area (Å²) in [6, 6.07) is 0. The van der Waals surface area contributed by atoms with Crippen LogP contribution in [0.15, 0.2) is 23.8 Å². The van der Waals surface area contributed by atoms with Crippen LogP contribution in [0.4, 0.5) is 0 Å². The van der Waals surface area contributed by atoms with E-state index in [9.17, 15) is 0 Å². The van der Waals surface area contributed by atoms with Gasteiger partial charge in [0.25, 0.3) is 0 Å².